The third-order valence-electron chi connectivity index (χ3n) is 2.43. The molecule has 0 aliphatic carbocycles. The maximum absolute atomic E-state index is 10.9. The number of ketones is 1. The number of halogens is 1. The molecule has 0 saturated heterocycles. The predicted molar refractivity (Wildman–Crippen MR) is 77.8 cm³/mol. The summed E-state index contributed by atoms with van der Waals surface area (Å²) < 4.78 is 5.64. The molecule has 0 aromatic heterocycles. The van der Waals surface area contributed by atoms with Crippen LogP contribution < -0.4 is 4.74 Å². The van der Waals surface area contributed by atoms with Crippen LogP contribution >= 0.6 is 11.6 Å². The normalized spacial score (nSPS) is 12.3. The Kier molecular flexibility index (Phi) is 4.85. The molecule has 1 atom stereocenters. The highest BCUT2D eigenvalue weighted by molar-refractivity contribution is 6.30. The van der Waals surface area contributed by atoms with Gasteiger partial charge in [0.1, 0.15) is 11.5 Å². The Hall–Kier alpha value is -2.20. The minimum absolute atomic E-state index is 0.237. The number of alkyl halides is 1. The number of carbonyl (C=O) groups excluding carboxylic acids is 1. The van der Waals surface area contributed by atoms with Crippen molar-refractivity contribution >= 4 is 23.1 Å². The van der Waals surface area contributed by atoms with Gasteiger partial charge in [-0.2, -0.15) is 10.2 Å². The fourth-order valence-electron chi connectivity index (χ4n) is 1.40. The molecule has 0 aliphatic rings. The second-order valence-corrected chi connectivity index (χ2v) is 4.48. The summed E-state index contributed by atoms with van der Waals surface area (Å²) in [6.45, 7) is 1.37. The molecule has 0 heterocycles. The van der Waals surface area contributed by atoms with E-state index < -0.39 is 5.50 Å². The molecule has 0 spiro atoms. The van der Waals surface area contributed by atoms with Gasteiger partial charge in [0.05, 0.1) is 5.69 Å². The molecule has 5 heteroatoms. The van der Waals surface area contributed by atoms with Gasteiger partial charge in [-0.15, -0.1) is 0 Å². The summed E-state index contributed by atoms with van der Waals surface area (Å²) >= 11 is 5.67. The van der Waals surface area contributed by atoms with E-state index in [2.05, 4.69) is 10.2 Å². The van der Waals surface area contributed by atoms with Crippen molar-refractivity contribution in [3.8, 4) is 11.5 Å². The van der Waals surface area contributed by atoms with Crippen LogP contribution in [0.4, 0.5) is 5.69 Å². The molecule has 0 radical (unpaired) electrons. The van der Waals surface area contributed by atoms with E-state index in [4.69, 9.17) is 16.3 Å². The predicted octanol–water partition coefficient (Wildman–Crippen LogP) is 4.72. The van der Waals surface area contributed by atoms with Crippen LogP contribution in [0.25, 0.3) is 0 Å². The summed E-state index contributed by atoms with van der Waals surface area (Å²) in [7, 11) is 0. The van der Waals surface area contributed by atoms with Crippen molar-refractivity contribution in [2.24, 2.45) is 10.2 Å². The van der Waals surface area contributed by atoms with Crippen LogP contribution in [0.15, 0.2) is 64.8 Å². The van der Waals surface area contributed by atoms with Crippen molar-refractivity contribution in [2.45, 2.75) is 12.4 Å². The molecule has 0 N–H and O–H groups in total. The summed E-state index contributed by atoms with van der Waals surface area (Å²) in [6.07, 6.45) is 0. The van der Waals surface area contributed by atoms with Crippen molar-refractivity contribution in [1.82, 2.24) is 0 Å². The lowest BCUT2D eigenvalue weighted by Gasteiger charge is -2.05. The van der Waals surface area contributed by atoms with E-state index in [1.807, 2.05) is 30.3 Å². The first-order valence-electron chi connectivity index (χ1n) is 6.03. The van der Waals surface area contributed by atoms with Crippen LogP contribution in [0, 0.1) is 0 Å². The Morgan fingerprint density at radius 1 is 1.05 bits per heavy atom. The van der Waals surface area contributed by atoms with Gasteiger partial charge in [-0.05, 0) is 43.3 Å². The number of para-hydroxylation sites is 1. The summed E-state index contributed by atoms with van der Waals surface area (Å²) in [4.78, 5) is 10.9. The molecule has 0 saturated carbocycles. The van der Waals surface area contributed by atoms with E-state index >= 15 is 0 Å². The monoisotopic (exact) mass is 288 g/mol. The van der Waals surface area contributed by atoms with Gasteiger partial charge in [-0.3, -0.25) is 4.79 Å². The van der Waals surface area contributed by atoms with E-state index in [9.17, 15) is 4.79 Å². The van der Waals surface area contributed by atoms with E-state index in [1.165, 1.54) is 6.92 Å². The third kappa shape index (κ3) is 4.17. The van der Waals surface area contributed by atoms with Crippen LogP contribution in [0.2, 0.25) is 0 Å². The molecule has 4 nitrogen and oxygen atoms in total. The standard InChI is InChI=1S/C15H13ClN2O2/c1-11(19)15(16)18-17-12-7-9-14(10-8-12)20-13-5-3-2-4-6-13/h2-10,15H,1H3. The van der Waals surface area contributed by atoms with E-state index in [0.717, 1.165) is 5.75 Å². The summed E-state index contributed by atoms with van der Waals surface area (Å²) in [5.74, 6) is 1.22. The zero-order valence-corrected chi connectivity index (χ0v) is 11.6. The fourth-order valence-corrected chi connectivity index (χ4v) is 1.45. The number of carbonyl (C=O) groups is 1. The van der Waals surface area contributed by atoms with Gasteiger partial charge in [0.2, 0.25) is 5.50 Å². The van der Waals surface area contributed by atoms with Crippen molar-refractivity contribution in [3.05, 3.63) is 54.6 Å². The fraction of sp³-hybridized carbons (Fsp3) is 0.133. The number of rotatable bonds is 5. The zero-order chi connectivity index (χ0) is 14.4. The van der Waals surface area contributed by atoms with Crippen LogP contribution in [0.3, 0.4) is 0 Å². The summed E-state index contributed by atoms with van der Waals surface area (Å²) in [5.41, 5.74) is -0.326. The maximum atomic E-state index is 10.9. The minimum atomic E-state index is -0.935. The Morgan fingerprint density at radius 2 is 1.65 bits per heavy atom. The lowest BCUT2D eigenvalue weighted by molar-refractivity contribution is -0.116. The molecule has 20 heavy (non-hydrogen) atoms. The van der Waals surface area contributed by atoms with Crippen LogP contribution in [0.1, 0.15) is 6.92 Å². The molecule has 2 aromatic carbocycles. The topological polar surface area (TPSA) is 51.0 Å². The Morgan fingerprint density at radius 3 is 2.25 bits per heavy atom. The van der Waals surface area contributed by atoms with Crippen molar-refractivity contribution in [3.63, 3.8) is 0 Å². The lowest BCUT2D eigenvalue weighted by Crippen LogP contribution is -2.04. The Balaban J connectivity index is 2.01. The largest absolute Gasteiger partial charge is 0.457 e. The molecule has 2 rings (SSSR count). The van der Waals surface area contributed by atoms with Gasteiger partial charge >= 0.3 is 0 Å². The van der Waals surface area contributed by atoms with Gasteiger partial charge in [0, 0.05) is 0 Å². The van der Waals surface area contributed by atoms with Gasteiger partial charge in [0.15, 0.2) is 5.78 Å². The summed E-state index contributed by atoms with van der Waals surface area (Å²) in [6, 6.07) is 16.5. The Bertz CT molecular complexity index is 597. The number of azo groups is 1. The average Bonchev–Trinajstić information content (AvgIpc) is 2.47. The number of nitrogens with zero attached hydrogens (tertiary/aromatic N) is 2. The quantitative estimate of drug-likeness (QED) is 0.454. The van der Waals surface area contributed by atoms with Gasteiger partial charge in [-0.25, -0.2) is 0 Å². The number of hydrogen-bond acceptors (Lipinski definition) is 4. The third-order valence-corrected chi connectivity index (χ3v) is 2.82. The highest BCUT2D eigenvalue weighted by Gasteiger charge is 2.06. The first-order chi connectivity index (χ1) is 9.65. The average molecular weight is 289 g/mol. The minimum Gasteiger partial charge on any atom is -0.457 e. The molecule has 0 amide bonds. The van der Waals surface area contributed by atoms with Crippen molar-refractivity contribution in [1.29, 1.82) is 0 Å². The van der Waals surface area contributed by atoms with Crippen LogP contribution in [-0.2, 0) is 4.79 Å². The zero-order valence-electron chi connectivity index (χ0n) is 10.9. The first kappa shape index (κ1) is 14.2. The second kappa shape index (κ2) is 6.82. The number of Topliss-reactive ketones (excluding diaryl/α,β-unsaturated/α-hetero) is 1. The molecule has 0 aliphatic heterocycles. The number of benzene rings is 2. The van der Waals surface area contributed by atoms with Crippen molar-refractivity contribution in [2.75, 3.05) is 0 Å². The van der Waals surface area contributed by atoms with E-state index in [1.54, 1.807) is 24.3 Å². The molecule has 2 aromatic rings. The van der Waals surface area contributed by atoms with Gasteiger partial charge in [0.25, 0.3) is 0 Å². The van der Waals surface area contributed by atoms with E-state index in [-0.39, 0.29) is 5.78 Å². The Labute approximate surface area is 122 Å². The molecular formula is C15H13ClN2O2. The number of ether oxygens (including phenoxy) is 1. The van der Waals surface area contributed by atoms with Crippen LogP contribution in [-0.4, -0.2) is 11.3 Å². The van der Waals surface area contributed by atoms with E-state index in [0.29, 0.717) is 11.4 Å². The SMILES string of the molecule is CC(=O)C(Cl)N=Nc1ccc(Oc2ccccc2)cc1. The smallest absolute Gasteiger partial charge is 0.202 e. The molecule has 102 valence electrons. The maximum Gasteiger partial charge on any atom is 0.202 e. The molecular weight excluding hydrogens is 276 g/mol. The van der Waals surface area contributed by atoms with Crippen LogP contribution in [0.5, 0.6) is 11.5 Å². The second-order valence-electron chi connectivity index (χ2n) is 4.07. The molecule has 0 bridgehead atoms. The molecule has 1 unspecified atom stereocenters. The highest BCUT2D eigenvalue weighted by atomic mass is 35.5. The number of hydrogen-bond donors (Lipinski definition) is 0. The van der Waals surface area contributed by atoms with Gasteiger partial charge < -0.3 is 4.74 Å². The lowest BCUT2D eigenvalue weighted by atomic mass is 10.3. The van der Waals surface area contributed by atoms with Gasteiger partial charge in [-0.1, -0.05) is 29.8 Å². The highest BCUT2D eigenvalue weighted by Crippen LogP contribution is 2.24. The first-order valence-corrected chi connectivity index (χ1v) is 6.47. The summed E-state index contributed by atoms with van der Waals surface area (Å²) in [5, 5.41) is 7.60. The van der Waals surface area contributed by atoms with Crippen molar-refractivity contribution < 1.29 is 9.53 Å². The molecule has 0 fully saturated rings.